The predicted octanol–water partition coefficient (Wildman–Crippen LogP) is 3.30. The Morgan fingerprint density at radius 3 is 2.66 bits per heavy atom. The zero-order valence-electron chi connectivity index (χ0n) is 18.0. The van der Waals surface area contributed by atoms with Crippen LogP contribution in [0, 0.1) is 0 Å². The van der Waals surface area contributed by atoms with E-state index >= 15 is 0 Å². The lowest BCUT2D eigenvalue weighted by Crippen LogP contribution is -2.44. The highest BCUT2D eigenvalue weighted by Gasteiger charge is 2.52. The highest BCUT2D eigenvalue weighted by Crippen LogP contribution is 2.35. The van der Waals surface area contributed by atoms with Gasteiger partial charge in [-0.3, -0.25) is 14.5 Å². The lowest BCUT2D eigenvalue weighted by molar-refractivity contribution is -0.145. The fourth-order valence-corrected chi connectivity index (χ4v) is 4.41. The number of imide groups is 1. The van der Waals surface area contributed by atoms with Crippen LogP contribution in [0.25, 0.3) is 11.0 Å². The number of carbonyl (C=O) groups is 4. The summed E-state index contributed by atoms with van der Waals surface area (Å²) in [5.74, 6) is -1.29. The molecule has 1 aliphatic carbocycles. The van der Waals surface area contributed by atoms with E-state index in [9.17, 15) is 19.2 Å². The summed E-state index contributed by atoms with van der Waals surface area (Å²) in [6.07, 6.45) is 3.50. The summed E-state index contributed by atoms with van der Waals surface area (Å²) in [4.78, 5) is 50.6. The third-order valence-electron chi connectivity index (χ3n) is 6.00. The number of furan rings is 1. The molecule has 1 spiro atoms. The van der Waals surface area contributed by atoms with Crippen molar-refractivity contribution in [1.82, 2.24) is 10.2 Å². The second-order valence-electron chi connectivity index (χ2n) is 8.07. The van der Waals surface area contributed by atoms with Crippen molar-refractivity contribution in [3.05, 3.63) is 35.6 Å². The highest BCUT2D eigenvalue weighted by molar-refractivity contribution is 6.07. The molecule has 4 rings (SSSR count). The van der Waals surface area contributed by atoms with Crippen molar-refractivity contribution >= 4 is 34.8 Å². The second kappa shape index (κ2) is 9.02. The van der Waals surface area contributed by atoms with Gasteiger partial charge in [0, 0.05) is 18.4 Å². The minimum Gasteiger partial charge on any atom is -0.461 e. The number of amides is 3. The van der Waals surface area contributed by atoms with E-state index in [1.807, 2.05) is 0 Å². The van der Waals surface area contributed by atoms with E-state index in [0.717, 1.165) is 12.8 Å². The molecule has 2 heterocycles. The number of nitrogens with one attached hydrogen (secondary N) is 1. The first-order valence-corrected chi connectivity index (χ1v) is 10.9. The third kappa shape index (κ3) is 4.06. The Morgan fingerprint density at radius 1 is 1.16 bits per heavy atom. The van der Waals surface area contributed by atoms with Gasteiger partial charge in [0.1, 0.15) is 17.7 Å². The fraction of sp³-hybridized carbons (Fsp3) is 0.478. The Kier molecular flexibility index (Phi) is 6.16. The Labute approximate surface area is 185 Å². The third-order valence-corrected chi connectivity index (χ3v) is 6.00. The Hall–Kier alpha value is -3.36. The Balaban J connectivity index is 1.33. The van der Waals surface area contributed by atoms with Gasteiger partial charge >= 0.3 is 18.0 Å². The summed E-state index contributed by atoms with van der Waals surface area (Å²) in [6.45, 7) is 1.90. The molecule has 32 heavy (non-hydrogen) atoms. The van der Waals surface area contributed by atoms with Crippen molar-refractivity contribution in [2.75, 3.05) is 13.2 Å². The zero-order chi connectivity index (χ0) is 22.7. The van der Waals surface area contributed by atoms with Crippen LogP contribution in [0.5, 0.6) is 0 Å². The van der Waals surface area contributed by atoms with E-state index in [1.165, 1.54) is 4.90 Å². The molecule has 1 aromatic heterocycles. The lowest BCUT2D eigenvalue weighted by Gasteiger charge is -2.19. The largest absolute Gasteiger partial charge is 0.461 e. The molecule has 170 valence electrons. The van der Waals surface area contributed by atoms with Gasteiger partial charge in [-0.1, -0.05) is 31.0 Å². The van der Waals surface area contributed by atoms with E-state index < -0.39 is 23.5 Å². The number of hydrogen-bond donors (Lipinski definition) is 1. The van der Waals surface area contributed by atoms with Crippen LogP contribution in [-0.4, -0.2) is 47.5 Å². The molecule has 1 N–H and O–H groups in total. The quantitative estimate of drug-likeness (QED) is 0.493. The van der Waals surface area contributed by atoms with E-state index in [0.29, 0.717) is 35.8 Å². The van der Waals surface area contributed by atoms with E-state index in [1.54, 1.807) is 31.2 Å². The summed E-state index contributed by atoms with van der Waals surface area (Å²) in [5.41, 5.74) is 0.203. The standard InChI is InChI=1S/C23H26N2O7/c1-2-30-20(27)19-16(15-8-3-4-9-17(15)32-19)14-31-18(26)10-7-13-25-21(28)23(24-22(25)29)11-5-6-12-23/h3-4,8-9H,2,5-7,10-14H2,1H3,(H,24,29). The summed E-state index contributed by atoms with van der Waals surface area (Å²) in [5, 5.41) is 3.49. The van der Waals surface area contributed by atoms with E-state index in [2.05, 4.69) is 5.32 Å². The molecule has 0 unspecified atom stereocenters. The van der Waals surface area contributed by atoms with Gasteiger partial charge in [0.25, 0.3) is 5.91 Å². The van der Waals surface area contributed by atoms with E-state index in [-0.39, 0.29) is 37.8 Å². The smallest absolute Gasteiger partial charge is 0.374 e. The average Bonchev–Trinajstić information content (AvgIpc) is 3.45. The maximum Gasteiger partial charge on any atom is 0.374 e. The molecule has 1 saturated carbocycles. The number of nitrogens with zero attached hydrogens (tertiary/aromatic N) is 1. The van der Waals surface area contributed by atoms with Crippen LogP contribution in [0.1, 0.15) is 61.6 Å². The van der Waals surface area contributed by atoms with Gasteiger partial charge in [-0.2, -0.15) is 0 Å². The van der Waals surface area contributed by atoms with Gasteiger partial charge in [-0.25, -0.2) is 9.59 Å². The van der Waals surface area contributed by atoms with Crippen molar-refractivity contribution in [2.45, 2.75) is 57.6 Å². The SMILES string of the molecule is CCOC(=O)c1oc2ccccc2c1COC(=O)CCCN1C(=O)NC2(CCCC2)C1=O. The summed E-state index contributed by atoms with van der Waals surface area (Å²) >= 11 is 0. The predicted molar refractivity (Wildman–Crippen MR) is 113 cm³/mol. The van der Waals surface area contributed by atoms with Crippen LogP contribution < -0.4 is 5.32 Å². The van der Waals surface area contributed by atoms with Gasteiger partial charge in [0.05, 0.1) is 12.2 Å². The summed E-state index contributed by atoms with van der Waals surface area (Å²) < 4.78 is 16.0. The van der Waals surface area contributed by atoms with Crippen molar-refractivity contribution in [1.29, 1.82) is 0 Å². The van der Waals surface area contributed by atoms with Gasteiger partial charge in [0.2, 0.25) is 5.76 Å². The normalized spacial score (nSPS) is 17.2. The molecule has 3 amide bonds. The van der Waals surface area contributed by atoms with Crippen LogP contribution in [0.15, 0.2) is 28.7 Å². The van der Waals surface area contributed by atoms with Crippen LogP contribution in [0.4, 0.5) is 4.79 Å². The minimum absolute atomic E-state index is 0.0158. The number of esters is 2. The number of ether oxygens (including phenoxy) is 2. The average molecular weight is 442 g/mol. The zero-order valence-corrected chi connectivity index (χ0v) is 18.0. The van der Waals surface area contributed by atoms with Crippen LogP contribution >= 0.6 is 0 Å². The number of urea groups is 1. The van der Waals surface area contributed by atoms with Crippen molar-refractivity contribution in [3.63, 3.8) is 0 Å². The summed E-state index contributed by atoms with van der Waals surface area (Å²) in [6, 6.07) is 6.68. The topological polar surface area (TPSA) is 115 Å². The molecule has 1 saturated heterocycles. The van der Waals surface area contributed by atoms with Crippen LogP contribution in [-0.2, 0) is 25.7 Å². The number of para-hydroxylation sites is 1. The molecule has 2 aliphatic rings. The molecular formula is C23H26N2O7. The molecule has 0 atom stereocenters. The monoisotopic (exact) mass is 442 g/mol. The summed E-state index contributed by atoms with van der Waals surface area (Å²) in [7, 11) is 0. The van der Waals surface area contributed by atoms with Crippen LogP contribution in [0.2, 0.25) is 0 Å². The number of rotatable bonds is 8. The first kappa shape index (κ1) is 21.9. The molecule has 1 aliphatic heterocycles. The first-order valence-electron chi connectivity index (χ1n) is 10.9. The number of carbonyl (C=O) groups excluding carboxylic acids is 4. The van der Waals surface area contributed by atoms with Crippen molar-refractivity contribution in [2.24, 2.45) is 0 Å². The van der Waals surface area contributed by atoms with Gasteiger partial charge in [-0.15, -0.1) is 0 Å². The molecule has 2 aromatic rings. The van der Waals surface area contributed by atoms with Crippen molar-refractivity contribution < 1.29 is 33.1 Å². The Morgan fingerprint density at radius 2 is 1.91 bits per heavy atom. The number of fused-ring (bicyclic) bond motifs is 1. The molecule has 9 nitrogen and oxygen atoms in total. The number of hydrogen-bond acceptors (Lipinski definition) is 7. The molecule has 0 bridgehead atoms. The van der Waals surface area contributed by atoms with Gasteiger partial charge in [0.15, 0.2) is 0 Å². The Bertz CT molecular complexity index is 1050. The van der Waals surface area contributed by atoms with Gasteiger partial charge < -0.3 is 19.2 Å². The molecule has 0 radical (unpaired) electrons. The fourth-order valence-electron chi connectivity index (χ4n) is 4.41. The molecular weight excluding hydrogens is 416 g/mol. The lowest BCUT2D eigenvalue weighted by atomic mass is 9.98. The molecule has 1 aromatic carbocycles. The van der Waals surface area contributed by atoms with E-state index in [4.69, 9.17) is 13.9 Å². The first-order chi connectivity index (χ1) is 15.4. The maximum atomic E-state index is 12.6. The van der Waals surface area contributed by atoms with Crippen molar-refractivity contribution in [3.8, 4) is 0 Å². The highest BCUT2D eigenvalue weighted by atomic mass is 16.5. The minimum atomic E-state index is -0.747. The van der Waals surface area contributed by atoms with Crippen LogP contribution in [0.3, 0.4) is 0 Å². The maximum absolute atomic E-state index is 12.6. The number of benzene rings is 1. The molecule has 9 heteroatoms. The molecule has 2 fully saturated rings. The second-order valence-corrected chi connectivity index (χ2v) is 8.07. The van der Waals surface area contributed by atoms with Gasteiger partial charge in [-0.05, 0) is 32.3 Å².